The molecule has 0 saturated carbocycles. The molecular weight excluding hydrogens is 420 g/mol. The van der Waals surface area contributed by atoms with E-state index in [-0.39, 0.29) is 5.28 Å². The van der Waals surface area contributed by atoms with Crippen LogP contribution in [0, 0.1) is 0 Å². The number of ether oxygens (including phenoxy) is 3. The third-order valence-electron chi connectivity index (χ3n) is 4.22. The van der Waals surface area contributed by atoms with E-state index in [4.69, 9.17) is 25.8 Å². The second-order valence-corrected chi connectivity index (χ2v) is 6.23. The quantitative estimate of drug-likeness (QED) is 0.431. The highest BCUT2D eigenvalue weighted by molar-refractivity contribution is 6.28. The van der Waals surface area contributed by atoms with Gasteiger partial charge in [0.15, 0.2) is 17.1 Å². The molecule has 0 bridgehead atoms. The third kappa shape index (κ3) is 4.61. The van der Waals surface area contributed by atoms with Gasteiger partial charge in [-0.25, -0.2) is 9.97 Å². The van der Waals surface area contributed by atoms with Gasteiger partial charge >= 0.3 is 0 Å². The standard InChI is InChI=1S/C19H17ClN6O3.C2H6/c1-27-13-7-11(8-14(28-2)16(13)29-3)26-9-15(22-10-26)23-18-12-5-4-6-21-17(12)24-19(20)25-18;1-2/h4-10H,1-3H3,(H,21,23,24,25);1-2H3. The highest BCUT2D eigenvalue weighted by Crippen LogP contribution is 2.39. The summed E-state index contributed by atoms with van der Waals surface area (Å²) >= 11 is 6.02. The van der Waals surface area contributed by atoms with Gasteiger partial charge in [-0.3, -0.25) is 0 Å². The van der Waals surface area contributed by atoms with Crippen molar-refractivity contribution in [1.29, 1.82) is 0 Å². The van der Waals surface area contributed by atoms with Crippen LogP contribution in [0.1, 0.15) is 13.8 Å². The monoisotopic (exact) mass is 442 g/mol. The molecule has 0 fully saturated rings. The van der Waals surface area contributed by atoms with Crippen molar-refractivity contribution in [1.82, 2.24) is 24.5 Å². The van der Waals surface area contributed by atoms with Crippen molar-refractivity contribution in [3.8, 4) is 22.9 Å². The first kappa shape index (κ1) is 22.1. The molecule has 0 radical (unpaired) electrons. The maximum Gasteiger partial charge on any atom is 0.226 e. The van der Waals surface area contributed by atoms with Crippen LogP contribution in [0.5, 0.6) is 17.2 Å². The molecule has 4 rings (SSSR count). The van der Waals surface area contributed by atoms with Gasteiger partial charge in [0.1, 0.15) is 18.0 Å². The summed E-state index contributed by atoms with van der Waals surface area (Å²) in [5.41, 5.74) is 1.28. The van der Waals surface area contributed by atoms with Crippen molar-refractivity contribution in [2.45, 2.75) is 13.8 Å². The van der Waals surface area contributed by atoms with Gasteiger partial charge in [0, 0.05) is 18.3 Å². The molecule has 0 aliphatic heterocycles. The fraction of sp³-hybridized carbons (Fsp3) is 0.238. The average Bonchev–Trinajstić information content (AvgIpc) is 3.27. The molecule has 0 atom stereocenters. The molecule has 0 unspecified atom stereocenters. The normalized spacial score (nSPS) is 10.3. The molecular formula is C21H23ClN6O3. The number of methoxy groups -OCH3 is 3. The largest absolute Gasteiger partial charge is 0.493 e. The number of nitrogens with zero attached hydrogens (tertiary/aromatic N) is 5. The minimum Gasteiger partial charge on any atom is -0.493 e. The van der Waals surface area contributed by atoms with Crippen molar-refractivity contribution in [2.75, 3.05) is 26.6 Å². The van der Waals surface area contributed by atoms with E-state index < -0.39 is 0 Å². The van der Waals surface area contributed by atoms with Gasteiger partial charge in [-0.2, -0.15) is 9.97 Å². The molecule has 0 aliphatic carbocycles. The summed E-state index contributed by atoms with van der Waals surface area (Å²) in [6.45, 7) is 4.00. The van der Waals surface area contributed by atoms with E-state index in [0.29, 0.717) is 34.5 Å². The van der Waals surface area contributed by atoms with Crippen molar-refractivity contribution in [3.63, 3.8) is 0 Å². The Bertz CT molecular complexity index is 1160. The van der Waals surface area contributed by atoms with Gasteiger partial charge in [0.05, 0.1) is 38.6 Å². The Kier molecular flexibility index (Phi) is 7.09. The zero-order valence-electron chi connectivity index (χ0n) is 17.9. The minimum absolute atomic E-state index is 0.0998. The van der Waals surface area contributed by atoms with Gasteiger partial charge in [-0.05, 0) is 23.7 Å². The van der Waals surface area contributed by atoms with Gasteiger partial charge in [0.25, 0.3) is 0 Å². The molecule has 4 aromatic rings. The summed E-state index contributed by atoms with van der Waals surface area (Å²) < 4.78 is 18.0. The first-order valence-corrected chi connectivity index (χ1v) is 9.90. The molecule has 0 spiro atoms. The highest BCUT2D eigenvalue weighted by Gasteiger charge is 2.15. The average molecular weight is 443 g/mol. The number of pyridine rings is 1. The van der Waals surface area contributed by atoms with E-state index in [2.05, 4.69) is 25.3 Å². The summed E-state index contributed by atoms with van der Waals surface area (Å²) in [6, 6.07) is 7.32. The van der Waals surface area contributed by atoms with Crippen molar-refractivity contribution >= 4 is 34.3 Å². The molecule has 9 nitrogen and oxygen atoms in total. The predicted molar refractivity (Wildman–Crippen MR) is 120 cm³/mol. The first-order valence-electron chi connectivity index (χ1n) is 9.52. The van der Waals surface area contributed by atoms with Crippen molar-refractivity contribution < 1.29 is 14.2 Å². The van der Waals surface area contributed by atoms with Crippen LogP contribution >= 0.6 is 11.6 Å². The molecule has 31 heavy (non-hydrogen) atoms. The number of benzene rings is 1. The van der Waals surface area contributed by atoms with Gasteiger partial charge in [-0.15, -0.1) is 0 Å². The Morgan fingerprint density at radius 2 is 1.68 bits per heavy atom. The number of anilines is 2. The van der Waals surface area contributed by atoms with Crippen LogP contribution in [0.25, 0.3) is 16.7 Å². The lowest BCUT2D eigenvalue weighted by Gasteiger charge is -2.14. The number of aromatic nitrogens is 5. The van der Waals surface area contributed by atoms with Crippen LogP contribution < -0.4 is 19.5 Å². The zero-order chi connectivity index (χ0) is 22.4. The zero-order valence-corrected chi connectivity index (χ0v) is 18.6. The maximum atomic E-state index is 6.02. The van der Waals surface area contributed by atoms with Crippen LogP contribution in [0.3, 0.4) is 0 Å². The number of hydrogen-bond acceptors (Lipinski definition) is 8. The van der Waals surface area contributed by atoms with Crippen molar-refractivity contribution in [2.24, 2.45) is 0 Å². The fourth-order valence-electron chi connectivity index (χ4n) is 2.90. The summed E-state index contributed by atoms with van der Waals surface area (Å²) in [5, 5.41) is 4.00. The SMILES string of the molecule is CC.COc1cc(-n2cnc(Nc3nc(Cl)nc4ncccc34)c2)cc(OC)c1OC. The molecule has 1 aromatic carbocycles. The predicted octanol–water partition coefficient (Wildman–Crippen LogP) is 4.66. The molecule has 10 heteroatoms. The fourth-order valence-corrected chi connectivity index (χ4v) is 3.06. The second kappa shape index (κ2) is 9.94. The molecule has 162 valence electrons. The lowest BCUT2D eigenvalue weighted by atomic mass is 10.2. The van der Waals surface area contributed by atoms with Crippen LogP contribution in [0.15, 0.2) is 43.0 Å². The number of rotatable bonds is 6. The summed E-state index contributed by atoms with van der Waals surface area (Å²) in [5.74, 6) is 2.70. The van der Waals surface area contributed by atoms with Gasteiger partial charge < -0.3 is 24.1 Å². The summed E-state index contributed by atoms with van der Waals surface area (Å²) in [4.78, 5) is 17.0. The molecule has 1 N–H and O–H groups in total. The Hall–Kier alpha value is -3.59. The van der Waals surface area contributed by atoms with Gasteiger partial charge in [-0.1, -0.05) is 13.8 Å². The Balaban J connectivity index is 0.00000132. The molecule has 0 aliphatic rings. The number of nitrogens with one attached hydrogen (secondary N) is 1. The minimum atomic E-state index is 0.0998. The molecule has 0 saturated heterocycles. The van der Waals surface area contributed by atoms with Crippen molar-refractivity contribution in [3.05, 3.63) is 48.3 Å². The van der Waals surface area contributed by atoms with Gasteiger partial charge in [0.2, 0.25) is 11.0 Å². The molecule has 3 heterocycles. The number of halogens is 1. The van der Waals surface area contributed by atoms with Crippen LogP contribution in [-0.4, -0.2) is 45.8 Å². The summed E-state index contributed by atoms with van der Waals surface area (Å²) in [6.07, 6.45) is 5.11. The number of imidazole rings is 1. The smallest absolute Gasteiger partial charge is 0.226 e. The van der Waals surface area contributed by atoms with E-state index in [1.54, 1.807) is 46.1 Å². The third-order valence-corrected chi connectivity index (χ3v) is 4.39. The molecule has 3 aromatic heterocycles. The highest BCUT2D eigenvalue weighted by atomic mass is 35.5. The Morgan fingerprint density at radius 3 is 2.32 bits per heavy atom. The number of hydrogen-bond donors (Lipinski definition) is 1. The van der Waals surface area contributed by atoms with Crippen LogP contribution in [0.2, 0.25) is 5.28 Å². The van der Waals surface area contributed by atoms with Crippen LogP contribution in [0.4, 0.5) is 11.6 Å². The van der Waals surface area contributed by atoms with E-state index >= 15 is 0 Å². The lowest BCUT2D eigenvalue weighted by molar-refractivity contribution is 0.324. The first-order chi connectivity index (χ1) is 15.1. The van der Waals surface area contributed by atoms with E-state index in [9.17, 15) is 0 Å². The topological polar surface area (TPSA) is 96.2 Å². The Morgan fingerprint density at radius 1 is 0.968 bits per heavy atom. The number of fused-ring (bicyclic) bond motifs is 1. The summed E-state index contributed by atoms with van der Waals surface area (Å²) in [7, 11) is 4.70. The van der Waals surface area contributed by atoms with Crippen LogP contribution in [-0.2, 0) is 0 Å². The Labute approximate surface area is 185 Å². The van der Waals surface area contributed by atoms with E-state index in [1.807, 2.05) is 36.6 Å². The van der Waals surface area contributed by atoms with E-state index in [0.717, 1.165) is 11.1 Å². The lowest BCUT2D eigenvalue weighted by Crippen LogP contribution is -1.99. The molecule has 0 amide bonds. The maximum absolute atomic E-state index is 6.02. The second-order valence-electron chi connectivity index (χ2n) is 5.89. The van der Waals surface area contributed by atoms with E-state index in [1.165, 1.54) is 0 Å².